The zero-order valence-corrected chi connectivity index (χ0v) is 9.80. The highest BCUT2D eigenvalue weighted by molar-refractivity contribution is 5.91. The van der Waals surface area contributed by atoms with Gasteiger partial charge in [-0.05, 0) is 6.92 Å². The van der Waals surface area contributed by atoms with E-state index in [9.17, 15) is 19.2 Å². The summed E-state index contributed by atoms with van der Waals surface area (Å²) in [6.07, 6.45) is -0.525. The predicted octanol–water partition coefficient (Wildman–Crippen LogP) is -3.11. The zero-order chi connectivity index (χ0) is 14.3. The van der Waals surface area contributed by atoms with Gasteiger partial charge in [-0.15, -0.1) is 0 Å². The predicted molar refractivity (Wildman–Crippen MR) is 60.0 cm³/mol. The lowest BCUT2D eigenvalue weighted by molar-refractivity contribution is -0.143. The minimum absolute atomic E-state index is 0.428. The van der Waals surface area contributed by atoms with Crippen molar-refractivity contribution >= 4 is 23.7 Å². The minimum atomic E-state index is -1.41. The van der Waals surface area contributed by atoms with E-state index in [1.165, 1.54) is 6.92 Å². The number of nitrogens with one attached hydrogen (secondary N) is 2. The van der Waals surface area contributed by atoms with E-state index in [1.54, 1.807) is 0 Å². The van der Waals surface area contributed by atoms with E-state index in [0.717, 1.165) is 0 Å². The number of aliphatic carboxylic acids is 1. The largest absolute Gasteiger partial charge is 0.480 e. The highest BCUT2D eigenvalue weighted by atomic mass is 16.4. The third-order valence-electron chi connectivity index (χ3n) is 1.88. The van der Waals surface area contributed by atoms with Gasteiger partial charge in [0.1, 0.15) is 6.04 Å². The molecule has 0 rings (SSSR count). The molecule has 0 fully saturated rings. The Morgan fingerprint density at radius 2 is 1.83 bits per heavy atom. The minimum Gasteiger partial charge on any atom is -0.480 e. The molecule has 0 aromatic carbocycles. The summed E-state index contributed by atoms with van der Waals surface area (Å²) in [6.45, 7) is 1.00. The van der Waals surface area contributed by atoms with Gasteiger partial charge < -0.3 is 27.2 Å². The molecule has 2 unspecified atom stereocenters. The number of carbonyl (C=O) groups excluding carboxylic acids is 3. The number of nitrogens with two attached hydrogens (primary N) is 2. The molecule has 0 aromatic rings. The average Bonchev–Trinajstić information content (AvgIpc) is 2.23. The van der Waals surface area contributed by atoms with Gasteiger partial charge in [0, 0.05) is 0 Å². The van der Waals surface area contributed by atoms with Crippen LogP contribution >= 0.6 is 0 Å². The highest BCUT2D eigenvalue weighted by Gasteiger charge is 2.22. The molecule has 0 heterocycles. The normalized spacial score (nSPS) is 13.2. The summed E-state index contributed by atoms with van der Waals surface area (Å²) in [4.78, 5) is 43.6. The van der Waals surface area contributed by atoms with Crippen molar-refractivity contribution in [1.29, 1.82) is 0 Å². The first-order chi connectivity index (χ1) is 8.23. The van der Waals surface area contributed by atoms with Crippen LogP contribution in [-0.4, -0.2) is 47.4 Å². The molecule has 0 aliphatic rings. The first-order valence-corrected chi connectivity index (χ1v) is 5.07. The maximum atomic E-state index is 11.3. The van der Waals surface area contributed by atoms with Gasteiger partial charge >= 0.3 is 5.97 Å². The lowest BCUT2D eigenvalue weighted by Crippen LogP contribution is -2.48. The van der Waals surface area contributed by atoms with Crippen LogP contribution in [0.5, 0.6) is 0 Å². The van der Waals surface area contributed by atoms with Gasteiger partial charge in [0.25, 0.3) is 0 Å². The molecule has 0 saturated carbocycles. The summed E-state index contributed by atoms with van der Waals surface area (Å²) in [5.41, 5.74) is 10.1. The number of hydrogen-bond acceptors (Lipinski definition) is 5. The van der Waals surface area contributed by atoms with Gasteiger partial charge in [0.15, 0.2) is 0 Å². The van der Waals surface area contributed by atoms with E-state index in [-0.39, 0.29) is 0 Å². The smallest absolute Gasteiger partial charge is 0.326 e. The molecule has 2 atom stereocenters. The molecule has 0 aromatic heterocycles. The molecule has 7 N–H and O–H groups in total. The second-order valence-corrected chi connectivity index (χ2v) is 3.64. The summed E-state index contributed by atoms with van der Waals surface area (Å²) < 4.78 is 0. The van der Waals surface area contributed by atoms with Gasteiger partial charge in [-0.2, -0.15) is 0 Å². The average molecular weight is 260 g/mol. The molecule has 3 amide bonds. The van der Waals surface area contributed by atoms with Crippen LogP contribution in [0.15, 0.2) is 0 Å². The number of amides is 3. The van der Waals surface area contributed by atoms with Crippen molar-refractivity contribution in [2.45, 2.75) is 25.4 Å². The maximum absolute atomic E-state index is 11.3. The summed E-state index contributed by atoms with van der Waals surface area (Å²) in [7, 11) is 0. The third-order valence-corrected chi connectivity index (χ3v) is 1.88. The second kappa shape index (κ2) is 7.22. The molecule has 9 nitrogen and oxygen atoms in total. The Kier molecular flexibility index (Phi) is 6.35. The number of carbonyl (C=O) groups is 4. The molecule has 0 aliphatic carbocycles. The summed E-state index contributed by atoms with van der Waals surface area (Å²) in [5.74, 6) is -3.55. The van der Waals surface area contributed by atoms with Crippen LogP contribution < -0.4 is 22.1 Å². The SMILES string of the molecule is CC(N)C(=O)NCC(=O)NC(CC(N)=O)C(=O)O. The first kappa shape index (κ1) is 15.8. The maximum Gasteiger partial charge on any atom is 0.326 e. The van der Waals surface area contributed by atoms with Crippen molar-refractivity contribution in [2.24, 2.45) is 11.5 Å². The van der Waals surface area contributed by atoms with Gasteiger partial charge in [-0.3, -0.25) is 14.4 Å². The second-order valence-electron chi connectivity index (χ2n) is 3.64. The molecule has 9 heteroatoms. The summed E-state index contributed by atoms with van der Waals surface area (Å²) in [6, 6.07) is -2.19. The van der Waals surface area contributed by atoms with Crippen LogP contribution in [0, 0.1) is 0 Å². The lowest BCUT2D eigenvalue weighted by atomic mass is 10.2. The number of carboxylic acid groups (broad SMARTS) is 1. The van der Waals surface area contributed by atoms with Crippen molar-refractivity contribution in [1.82, 2.24) is 10.6 Å². The van der Waals surface area contributed by atoms with Gasteiger partial charge in [-0.1, -0.05) is 0 Å². The lowest BCUT2D eigenvalue weighted by Gasteiger charge is -2.13. The Hall–Kier alpha value is -2.16. The van der Waals surface area contributed by atoms with Crippen LogP contribution in [0.4, 0.5) is 0 Å². The number of rotatable bonds is 7. The van der Waals surface area contributed by atoms with E-state index in [0.29, 0.717) is 0 Å². The molecule has 0 aliphatic heterocycles. The van der Waals surface area contributed by atoms with Gasteiger partial charge in [-0.25, -0.2) is 4.79 Å². The van der Waals surface area contributed by atoms with Crippen LogP contribution in [-0.2, 0) is 19.2 Å². The van der Waals surface area contributed by atoms with Crippen molar-refractivity contribution in [2.75, 3.05) is 6.54 Å². The van der Waals surface area contributed by atoms with Crippen LogP contribution in [0.3, 0.4) is 0 Å². The number of carboxylic acids is 1. The van der Waals surface area contributed by atoms with Crippen LogP contribution in [0.25, 0.3) is 0 Å². The van der Waals surface area contributed by atoms with Crippen molar-refractivity contribution in [3.05, 3.63) is 0 Å². The van der Waals surface area contributed by atoms with Crippen LogP contribution in [0.1, 0.15) is 13.3 Å². The van der Waals surface area contributed by atoms with Crippen molar-refractivity contribution in [3.8, 4) is 0 Å². The Bertz CT molecular complexity index is 355. The van der Waals surface area contributed by atoms with E-state index < -0.39 is 48.7 Å². The molecular weight excluding hydrogens is 244 g/mol. The number of primary amides is 1. The Morgan fingerprint density at radius 1 is 1.28 bits per heavy atom. The Balaban J connectivity index is 4.22. The summed E-state index contributed by atoms with van der Waals surface area (Å²) in [5, 5.41) is 12.9. The highest BCUT2D eigenvalue weighted by Crippen LogP contribution is 1.91. The van der Waals surface area contributed by atoms with Crippen LogP contribution in [0.2, 0.25) is 0 Å². The first-order valence-electron chi connectivity index (χ1n) is 5.07. The van der Waals surface area contributed by atoms with Gasteiger partial charge in [0.05, 0.1) is 19.0 Å². The zero-order valence-electron chi connectivity index (χ0n) is 9.80. The molecule has 0 radical (unpaired) electrons. The topological polar surface area (TPSA) is 165 Å². The van der Waals surface area contributed by atoms with E-state index in [1.807, 2.05) is 5.32 Å². The monoisotopic (exact) mass is 260 g/mol. The molecular formula is C9H16N4O5. The molecule has 18 heavy (non-hydrogen) atoms. The van der Waals surface area contributed by atoms with E-state index >= 15 is 0 Å². The molecule has 102 valence electrons. The fraction of sp³-hybridized carbons (Fsp3) is 0.556. The van der Waals surface area contributed by atoms with E-state index in [4.69, 9.17) is 16.6 Å². The standard InChI is InChI=1S/C9H16N4O5/c1-4(10)8(16)12-3-7(15)13-5(9(17)18)2-6(11)14/h4-5H,2-3,10H2,1H3,(H2,11,14)(H,12,16)(H,13,15)(H,17,18). The fourth-order valence-corrected chi connectivity index (χ4v) is 0.975. The Morgan fingerprint density at radius 3 is 2.22 bits per heavy atom. The van der Waals surface area contributed by atoms with Crippen molar-refractivity contribution < 1.29 is 24.3 Å². The molecule has 0 spiro atoms. The molecule has 0 bridgehead atoms. The fourth-order valence-electron chi connectivity index (χ4n) is 0.975. The number of hydrogen-bond donors (Lipinski definition) is 5. The Labute approximate surface area is 103 Å². The van der Waals surface area contributed by atoms with Gasteiger partial charge in [0.2, 0.25) is 17.7 Å². The quantitative estimate of drug-likeness (QED) is 0.325. The summed E-state index contributed by atoms with van der Waals surface area (Å²) >= 11 is 0. The van der Waals surface area contributed by atoms with E-state index in [2.05, 4.69) is 5.32 Å². The van der Waals surface area contributed by atoms with Crippen molar-refractivity contribution in [3.63, 3.8) is 0 Å². The molecule has 0 saturated heterocycles. The third kappa shape index (κ3) is 6.43.